The van der Waals surface area contributed by atoms with Crippen LogP contribution in [0, 0.1) is 5.82 Å². The third-order valence-electron chi connectivity index (χ3n) is 2.46. The van der Waals surface area contributed by atoms with Crippen LogP contribution in [-0.4, -0.2) is 5.11 Å². The molecule has 0 aliphatic heterocycles. The molecule has 17 heavy (non-hydrogen) atoms. The summed E-state index contributed by atoms with van der Waals surface area (Å²) in [6.45, 7) is 0. The van der Waals surface area contributed by atoms with Gasteiger partial charge in [-0.25, -0.2) is 4.39 Å². The zero-order chi connectivity index (χ0) is 12.4. The molecule has 2 aromatic rings. The Morgan fingerprint density at radius 2 is 2.06 bits per heavy atom. The van der Waals surface area contributed by atoms with Crippen LogP contribution in [0.15, 0.2) is 34.9 Å². The fraction of sp³-hybridized carbons (Fsp3) is 0.167. The third-order valence-corrected chi connectivity index (χ3v) is 3.13. The summed E-state index contributed by atoms with van der Waals surface area (Å²) in [6, 6.07) is 5.93. The summed E-state index contributed by atoms with van der Waals surface area (Å²) in [5.74, 6) is -0.448. The fourth-order valence-electron chi connectivity index (χ4n) is 1.57. The Labute approximate surface area is 108 Å². The summed E-state index contributed by atoms with van der Waals surface area (Å²) >= 11 is 11.6. The second-order valence-electron chi connectivity index (χ2n) is 3.57. The van der Waals surface area contributed by atoms with Crippen molar-refractivity contribution < 1.29 is 13.9 Å². The smallest absolute Gasteiger partial charge is 0.198 e. The number of benzene rings is 1. The van der Waals surface area contributed by atoms with Crippen LogP contribution >= 0.6 is 23.2 Å². The summed E-state index contributed by atoms with van der Waals surface area (Å²) in [5, 5.41) is 10.3. The first-order chi connectivity index (χ1) is 8.09. The number of hydrogen-bond donors (Lipinski definition) is 1. The van der Waals surface area contributed by atoms with Crippen LogP contribution in [0.5, 0.6) is 0 Å². The molecule has 0 spiro atoms. The van der Waals surface area contributed by atoms with Crippen molar-refractivity contribution in [3.63, 3.8) is 0 Å². The Morgan fingerprint density at radius 1 is 1.29 bits per heavy atom. The van der Waals surface area contributed by atoms with Crippen molar-refractivity contribution in [2.75, 3.05) is 0 Å². The summed E-state index contributed by atoms with van der Waals surface area (Å²) in [5.41, 5.74) is 0.685. The molecule has 1 heterocycles. The Bertz CT molecular complexity index is 505. The summed E-state index contributed by atoms with van der Waals surface area (Å²) in [6.07, 6.45) is 0.463. The van der Waals surface area contributed by atoms with Crippen LogP contribution < -0.4 is 0 Å². The average molecular weight is 275 g/mol. The van der Waals surface area contributed by atoms with Crippen LogP contribution in [0.4, 0.5) is 4.39 Å². The molecule has 5 heteroatoms. The van der Waals surface area contributed by atoms with E-state index >= 15 is 0 Å². The number of hydrogen-bond acceptors (Lipinski definition) is 2. The second kappa shape index (κ2) is 5.08. The van der Waals surface area contributed by atoms with Crippen molar-refractivity contribution >= 4 is 23.2 Å². The van der Waals surface area contributed by atoms with E-state index in [4.69, 9.17) is 27.6 Å². The van der Waals surface area contributed by atoms with E-state index in [0.717, 1.165) is 0 Å². The van der Waals surface area contributed by atoms with Crippen molar-refractivity contribution in [1.29, 1.82) is 0 Å². The summed E-state index contributed by atoms with van der Waals surface area (Å²) in [7, 11) is 0. The van der Waals surface area contributed by atoms with Crippen LogP contribution in [0.2, 0.25) is 10.2 Å². The van der Waals surface area contributed by atoms with E-state index < -0.39 is 11.9 Å². The van der Waals surface area contributed by atoms with Gasteiger partial charge in [-0.05, 0) is 29.8 Å². The first-order valence-electron chi connectivity index (χ1n) is 4.93. The normalized spacial score (nSPS) is 12.7. The molecule has 0 saturated heterocycles. The summed E-state index contributed by atoms with van der Waals surface area (Å²) < 4.78 is 18.4. The molecule has 1 unspecified atom stereocenters. The molecular weight excluding hydrogens is 266 g/mol. The van der Waals surface area contributed by atoms with Crippen molar-refractivity contribution in [1.82, 2.24) is 0 Å². The van der Waals surface area contributed by atoms with Gasteiger partial charge in [0.1, 0.15) is 5.82 Å². The van der Waals surface area contributed by atoms with Gasteiger partial charge in [-0.3, -0.25) is 0 Å². The SMILES string of the molecule is OC(Cc1c(F)cccc1Cl)c1ccoc1Cl. The monoisotopic (exact) mass is 274 g/mol. The van der Waals surface area contributed by atoms with Gasteiger partial charge in [-0.1, -0.05) is 17.7 Å². The highest BCUT2D eigenvalue weighted by Crippen LogP contribution is 2.29. The van der Waals surface area contributed by atoms with Gasteiger partial charge in [0, 0.05) is 22.6 Å². The maximum atomic E-state index is 13.5. The van der Waals surface area contributed by atoms with E-state index in [-0.39, 0.29) is 22.2 Å². The molecule has 0 saturated carbocycles. The molecule has 0 bridgehead atoms. The zero-order valence-electron chi connectivity index (χ0n) is 8.66. The Morgan fingerprint density at radius 3 is 2.65 bits per heavy atom. The molecule has 2 rings (SSSR count). The third kappa shape index (κ3) is 2.63. The van der Waals surface area contributed by atoms with Crippen molar-refractivity contribution in [3.8, 4) is 0 Å². The van der Waals surface area contributed by atoms with E-state index in [0.29, 0.717) is 5.56 Å². The number of rotatable bonds is 3. The van der Waals surface area contributed by atoms with Gasteiger partial charge in [0.05, 0.1) is 12.4 Å². The van der Waals surface area contributed by atoms with Crippen LogP contribution in [0.3, 0.4) is 0 Å². The predicted octanol–water partition coefficient (Wildman–Crippen LogP) is 4.00. The number of furan rings is 1. The van der Waals surface area contributed by atoms with Gasteiger partial charge in [0.15, 0.2) is 5.22 Å². The quantitative estimate of drug-likeness (QED) is 0.918. The lowest BCUT2D eigenvalue weighted by molar-refractivity contribution is 0.176. The van der Waals surface area contributed by atoms with Crippen LogP contribution in [0.25, 0.3) is 0 Å². The van der Waals surface area contributed by atoms with Gasteiger partial charge in [0.2, 0.25) is 0 Å². The molecule has 90 valence electrons. The number of halogens is 3. The lowest BCUT2D eigenvalue weighted by atomic mass is 10.0. The van der Waals surface area contributed by atoms with Gasteiger partial charge in [0.25, 0.3) is 0 Å². The topological polar surface area (TPSA) is 33.4 Å². The fourth-order valence-corrected chi connectivity index (χ4v) is 2.05. The number of aliphatic hydroxyl groups excluding tert-OH is 1. The molecule has 0 aliphatic carbocycles. The van der Waals surface area contributed by atoms with Crippen molar-refractivity contribution in [2.45, 2.75) is 12.5 Å². The van der Waals surface area contributed by atoms with Crippen LogP contribution in [-0.2, 0) is 6.42 Å². The predicted molar refractivity (Wildman–Crippen MR) is 63.8 cm³/mol. The Kier molecular flexibility index (Phi) is 3.72. The van der Waals surface area contributed by atoms with Gasteiger partial charge < -0.3 is 9.52 Å². The minimum atomic E-state index is -0.948. The molecule has 0 radical (unpaired) electrons. The van der Waals surface area contributed by atoms with E-state index in [2.05, 4.69) is 0 Å². The van der Waals surface area contributed by atoms with Crippen molar-refractivity contribution in [3.05, 3.63) is 57.7 Å². The minimum absolute atomic E-state index is 0.0464. The molecule has 2 nitrogen and oxygen atoms in total. The lowest BCUT2D eigenvalue weighted by Gasteiger charge is -2.11. The Balaban J connectivity index is 2.25. The van der Waals surface area contributed by atoms with E-state index in [9.17, 15) is 9.50 Å². The standard InChI is InChI=1S/C12H9Cl2FO2/c13-9-2-1-3-10(15)8(9)6-11(16)7-4-5-17-12(7)14/h1-5,11,16H,6H2. The highest BCUT2D eigenvalue weighted by atomic mass is 35.5. The minimum Gasteiger partial charge on any atom is -0.453 e. The number of aliphatic hydroxyl groups is 1. The van der Waals surface area contributed by atoms with Crippen molar-refractivity contribution in [2.24, 2.45) is 0 Å². The van der Waals surface area contributed by atoms with E-state index in [1.54, 1.807) is 12.1 Å². The molecule has 1 aromatic heterocycles. The first-order valence-corrected chi connectivity index (χ1v) is 5.69. The molecule has 1 aromatic carbocycles. The maximum absolute atomic E-state index is 13.5. The van der Waals surface area contributed by atoms with E-state index in [1.165, 1.54) is 18.4 Å². The van der Waals surface area contributed by atoms with Crippen LogP contribution in [0.1, 0.15) is 17.2 Å². The summed E-state index contributed by atoms with van der Waals surface area (Å²) in [4.78, 5) is 0. The van der Waals surface area contributed by atoms with Gasteiger partial charge in [-0.2, -0.15) is 0 Å². The largest absolute Gasteiger partial charge is 0.453 e. The molecule has 1 atom stereocenters. The molecule has 0 amide bonds. The Hall–Kier alpha value is -1.03. The van der Waals surface area contributed by atoms with Gasteiger partial charge >= 0.3 is 0 Å². The molecule has 0 fully saturated rings. The zero-order valence-corrected chi connectivity index (χ0v) is 10.2. The maximum Gasteiger partial charge on any atom is 0.198 e. The average Bonchev–Trinajstić information content (AvgIpc) is 2.70. The van der Waals surface area contributed by atoms with E-state index in [1.807, 2.05) is 0 Å². The molecular formula is C12H9Cl2FO2. The highest BCUT2D eigenvalue weighted by Gasteiger charge is 2.18. The molecule has 1 N–H and O–H groups in total. The first kappa shape index (κ1) is 12.4. The molecule has 0 aliphatic rings. The second-order valence-corrected chi connectivity index (χ2v) is 4.32. The van der Waals surface area contributed by atoms with Gasteiger partial charge in [-0.15, -0.1) is 0 Å². The lowest BCUT2D eigenvalue weighted by Crippen LogP contribution is -2.03. The highest BCUT2D eigenvalue weighted by molar-refractivity contribution is 6.31.